The number of benzene rings is 2. The summed E-state index contributed by atoms with van der Waals surface area (Å²) in [6.45, 7) is 2.24. The van der Waals surface area contributed by atoms with Crippen LogP contribution in [0.1, 0.15) is 6.92 Å². The molecule has 1 unspecified atom stereocenters. The van der Waals surface area contributed by atoms with Crippen LogP contribution in [0.2, 0.25) is 0 Å². The smallest absolute Gasteiger partial charge is 0.273 e. The highest BCUT2D eigenvalue weighted by Crippen LogP contribution is 2.25. The number of rotatable bonds is 7. The fourth-order valence-electron chi connectivity index (χ4n) is 2.02. The van der Waals surface area contributed by atoms with Gasteiger partial charge in [-0.2, -0.15) is 0 Å². The van der Waals surface area contributed by atoms with E-state index in [2.05, 4.69) is 4.98 Å². The molecule has 1 aromatic heterocycles. The molecule has 0 aliphatic heterocycles. The van der Waals surface area contributed by atoms with E-state index in [4.69, 9.17) is 14.2 Å². The Kier molecular flexibility index (Phi) is 5.45. The summed E-state index contributed by atoms with van der Waals surface area (Å²) in [7, 11) is 0. The quantitative estimate of drug-likeness (QED) is 0.588. The highest BCUT2D eigenvalue weighted by molar-refractivity contribution is 7.11. The van der Waals surface area contributed by atoms with E-state index < -0.39 is 11.6 Å². The summed E-state index contributed by atoms with van der Waals surface area (Å²) in [6.07, 6.45) is 1.52. The minimum atomic E-state index is -0.691. The molecule has 0 bridgehead atoms. The van der Waals surface area contributed by atoms with Crippen molar-refractivity contribution in [3.63, 3.8) is 0 Å². The van der Waals surface area contributed by atoms with Crippen LogP contribution in [-0.2, 0) is 0 Å². The van der Waals surface area contributed by atoms with Gasteiger partial charge in [0.25, 0.3) is 5.19 Å². The van der Waals surface area contributed by atoms with Crippen LogP contribution in [0, 0.1) is 11.6 Å². The van der Waals surface area contributed by atoms with E-state index in [0.717, 1.165) is 18.2 Å². The second kappa shape index (κ2) is 7.94. The lowest BCUT2D eigenvalue weighted by Crippen LogP contribution is -2.20. The summed E-state index contributed by atoms with van der Waals surface area (Å²) in [4.78, 5) is 4.05. The van der Waals surface area contributed by atoms with Gasteiger partial charge in [-0.25, -0.2) is 13.8 Å². The Morgan fingerprint density at radius 1 is 1.00 bits per heavy atom. The Balaban J connectivity index is 1.53. The second-order valence-corrected chi connectivity index (χ2v) is 6.07. The topological polar surface area (TPSA) is 40.6 Å². The molecule has 0 saturated heterocycles. The minimum Gasteiger partial charge on any atom is -0.490 e. The van der Waals surface area contributed by atoms with Gasteiger partial charge in [0.1, 0.15) is 41.6 Å². The van der Waals surface area contributed by atoms with Crippen LogP contribution in [0.25, 0.3) is 0 Å². The highest BCUT2D eigenvalue weighted by Gasteiger charge is 2.08. The molecule has 7 heteroatoms. The van der Waals surface area contributed by atoms with Crippen LogP contribution in [0.15, 0.2) is 54.0 Å². The van der Waals surface area contributed by atoms with Gasteiger partial charge in [-0.3, -0.25) is 0 Å². The lowest BCUT2D eigenvalue weighted by atomic mass is 10.3. The fraction of sp³-hybridized carbons (Fsp3) is 0.167. The molecule has 0 fully saturated rings. The predicted molar refractivity (Wildman–Crippen MR) is 90.6 cm³/mol. The molecule has 0 spiro atoms. The standard InChI is InChI=1S/C18H15F2NO3S/c1-12(23-18-21-6-7-25-18)11-22-15-2-4-16(5-3-15)24-17-9-13(19)8-14(20)10-17/h2-10,12H,11H2,1H3. The molecule has 1 heterocycles. The summed E-state index contributed by atoms with van der Waals surface area (Å²) in [5.41, 5.74) is 0. The molecule has 3 rings (SSSR count). The molecule has 3 aromatic rings. The highest BCUT2D eigenvalue weighted by atomic mass is 32.1. The zero-order valence-corrected chi connectivity index (χ0v) is 14.1. The Morgan fingerprint density at radius 2 is 1.68 bits per heavy atom. The number of thiazole rings is 1. The maximum absolute atomic E-state index is 13.2. The van der Waals surface area contributed by atoms with E-state index in [9.17, 15) is 8.78 Å². The predicted octanol–water partition coefficient (Wildman–Crippen LogP) is 5.06. The van der Waals surface area contributed by atoms with Gasteiger partial charge in [0.15, 0.2) is 0 Å². The lowest BCUT2D eigenvalue weighted by Gasteiger charge is -2.14. The van der Waals surface area contributed by atoms with Crippen molar-refractivity contribution in [3.8, 4) is 22.4 Å². The van der Waals surface area contributed by atoms with E-state index in [-0.39, 0.29) is 11.9 Å². The van der Waals surface area contributed by atoms with Crippen molar-refractivity contribution in [1.82, 2.24) is 4.98 Å². The van der Waals surface area contributed by atoms with Crippen molar-refractivity contribution in [2.75, 3.05) is 6.61 Å². The van der Waals surface area contributed by atoms with Crippen LogP contribution < -0.4 is 14.2 Å². The normalized spacial score (nSPS) is 11.8. The SMILES string of the molecule is CC(COc1ccc(Oc2cc(F)cc(F)c2)cc1)Oc1nccs1. The van der Waals surface area contributed by atoms with Gasteiger partial charge in [0.2, 0.25) is 0 Å². The first kappa shape index (κ1) is 17.2. The number of nitrogens with zero attached hydrogens (tertiary/aromatic N) is 1. The lowest BCUT2D eigenvalue weighted by molar-refractivity contribution is 0.142. The van der Waals surface area contributed by atoms with Crippen molar-refractivity contribution in [3.05, 3.63) is 65.7 Å². The van der Waals surface area contributed by atoms with Crippen LogP contribution in [-0.4, -0.2) is 17.7 Å². The summed E-state index contributed by atoms with van der Waals surface area (Å²) < 4.78 is 42.9. The molecule has 0 aliphatic carbocycles. The minimum absolute atomic E-state index is 0.0941. The number of aromatic nitrogens is 1. The third kappa shape index (κ3) is 5.15. The van der Waals surface area contributed by atoms with E-state index in [1.54, 1.807) is 30.5 Å². The Bertz CT molecular complexity index is 789. The van der Waals surface area contributed by atoms with E-state index in [1.807, 2.05) is 12.3 Å². The maximum Gasteiger partial charge on any atom is 0.273 e. The molecule has 0 saturated carbocycles. The summed E-state index contributed by atoms with van der Waals surface area (Å²) in [5, 5.41) is 2.44. The number of hydrogen-bond donors (Lipinski definition) is 0. The number of hydrogen-bond acceptors (Lipinski definition) is 5. The van der Waals surface area contributed by atoms with Crippen molar-refractivity contribution in [2.24, 2.45) is 0 Å². The van der Waals surface area contributed by atoms with Crippen LogP contribution in [0.3, 0.4) is 0 Å². The van der Waals surface area contributed by atoms with Gasteiger partial charge in [0, 0.05) is 29.8 Å². The fourth-order valence-corrected chi connectivity index (χ4v) is 2.60. The molecular weight excluding hydrogens is 348 g/mol. The zero-order valence-electron chi connectivity index (χ0n) is 13.3. The van der Waals surface area contributed by atoms with Crippen LogP contribution in [0.4, 0.5) is 8.78 Å². The molecule has 0 aliphatic rings. The third-order valence-electron chi connectivity index (χ3n) is 3.09. The molecule has 2 aromatic carbocycles. The van der Waals surface area contributed by atoms with Crippen molar-refractivity contribution < 1.29 is 23.0 Å². The number of ether oxygens (including phenoxy) is 3. The number of halogens is 2. The molecule has 130 valence electrons. The van der Waals surface area contributed by atoms with Gasteiger partial charge in [-0.05, 0) is 31.2 Å². The summed E-state index contributed by atoms with van der Waals surface area (Å²) >= 11 is 1.42. The van der Waals surface area contributed by atoms with Crippen molar-refractivity contribution in [2.45, 2.75) is 13.0 Å². The van der Waals surface area contributed by atoms with Gasteiger partial charge in [-0.15, -0.1) is 0 Å². The third-order valence-corrected chi connectivity index (χ3v) is 3.75. The first-order valence-electron chi connectivity index (χ1n) is 7.51. The molecule has 0 N–H and O–H groups in total. The molecule has 0 amide bonds. The first-order chi connectivity index (χ1) is 12.1. The molecule has 1 atom stereocenters. The Hall–Kier alpha value is -2.67. The van der Waals surface area contributed by atoms with Gasteiger partial charge < -0.3 is 14.2 Å². The summed E-state index contributed by atoms with van der Waals surface area (Å²) in [5.74, 6) is -0.207. The van der Waals surface area contributed by atoms with Crippen molar-refractivity contribution >= 4 is 11.3 Å². The van der Waals surface area contributed by atoms with Crippen LogP contribution >= 0.6 is 11.3 Å². The maximum atomic E-state index is 13.2. The zero-order chi connectivity index (χ0) is 17.6. The first-order valence-corrected chi connectivity index (χ1v) is 8.39. The average Bonchev–Trinajstić information content (AvgIpc) is 3.06. The molecule has 0 radical (unpaired) electrons. The largest absolute Gasteiger partial charge is 0.490 e. The molecule has 4 nitrogen and oxygen atoms in total. The average molecular weight is 363 g/mol. The van der Waals surface area contributed by atoms with E-state index in [0.29, 0.717) is 23.3 Å². The van der Waals surface area contributed by atoms with Crippen molar-refractivity contribution in [1.29, 1.82) is 0 Å². The molecule has 25 heavy (non-hydrogen) atoms. The Labute approximate surface area is 147 Å². The monoisotopic (exact) mass is 363 g/mol. The van der Waals surface area contributed by atoms with Gasteiger partial charge in [-0.1, -0.05) is 11.3 Å². The van der Waals surface area contributed by atoms with Crippen LogP contribution in [0.5, 0.6) is 22.4 Å². The van der Waals surface area contributed by atoms with Gasteiger partial charge >= 0.3 is 0 Å². The second-order valence-electron chi connectivity index (χ2n) is 5.22. The Morgan fingerprint density at radius 3 is 2.32 bits per heavy atom. The van der Waals surface area contributed by atoms with E-state index in [1.165, 1.54) is 11.3 Å². The molecular formula is C18H15F2NO3S. The van der Waals surface area contributed by atoms with E-state index >= 15 is 0 Å². The summed E-state index contributed by atoms with van der Waals surface area (Å²) in [6, 6.07) is 9.76. The van der Waals surface area contributed by atoms with Gasteiger partial charge in [0.05, 0.1) is 0 Å².